The molecule has 0 radical (unpaired) electrons. The molecule has 0 spiro atoms. The van der Waals surface area contributed by atoms with Crippen molar-refractivity contribution in [1.82, 2.24) is 0 Å². The van der Waals surface area contributed by atoms with E-state index in [1.807, 2.05) is 12.1 Å². The molecule has 3 rings (SSSR count). The Morgan fingerprint density at radius 3 is 2.95 bits per heavy atom. The molecule has 1 heterocycles. The monoisotopic (exact) mass is 261 g/mol. The maximum Gasteiger partial charge on any atom is 0.157 e. The van der Waals surface area contributed by atoms with Crippen LogP contribution in [0.4, 0.5) is 5.69 Å². The third-order valence-electron chi connectivity index (χ3n) is 3.72. The standard InChI is InChI=1S/C15H19NO3/c17-9-10(18)8-16-13-6-3-5-12-11-4-1-2-7-14(11)19-15(12)13/h3,5-6,10,16-18H,1-2,4,7-9H2. The van der Waals surface area contributed by atoms with Crippen molar-refractivity contribution in [3.8, 4) is 0 Å². The first-order valence-corrected chi connectivity index (χ1v) is 6.85. The number of furan rings is 1. The summed E-state index contributed by atoms with van der Waals surface area (Å²) in [5.41, 5.74) is 3.10. The Morgan fingerprint density at radius 2 is 2.11 bits per heavy atom. The van der Waals surface area contributed by atoms with Crippen LogP contribution in [0.25, 0.3) is 11.0 Å². The second-order valence-corrected chi connectivity index (χ2v) is 5.11. The van der Waals surface area contributed by atoms with Gasteiger partial charge in [-0.2, -0.15) is 0 Å². The van der Waals surface area contributed by atoms with Crippen LogP contribution in [0.5, 0.6) is 0 Å². The number of aliphatic hydroxyl groups is 2. The second kappa shape index (κ2) is 5.23. The van der Waals surface area contributed by atoms with E-state index in [9.17, 15) is 5.11 Å². The lowest BCUT2D eigenvalue weighted by atomic mass is 9.96. The number of fused-ring (bicyclic) bond motifs is 3. The Kier molecular flexibility index (Phi) is 3.44. The molecule has 1 aliphatic carbocycles. The highest BCUT2D eigenvalue weighted by molar-refractivity contribution is 5.92. The van der Waals surface area contributed by atoms with Crippen molar-refractivity contribution >= 4 is 16.7 Å². The van der Waals surface area contributed by atoms with Crippen LogP contribution in [0.2, 0.25) is 0 Å². The molecule has 0 bridgehead atoms. The average molecular weight is 261 g/mol. The molecule has 0 amide bonds. The highest BCUT2D eigenvalue weighted by Gasteiger charge is 2.19. The third kappa shape index (κ3) is 2.33. The van der Waals surface area contributed by atoms with Gasteiger partial charge in [-0.15, -0.1) is 0 Å². The van der Waals surface area contributed by atoms with E-state index in [1.165, 1.54) is 23.8 Å². The molecule has 0 aliphatic heterocycles. The van der Waals surface area contributed by atoms with Gasteiger partial charge in [-0.1, -0.05) is 12.1 Å². The molecule has 1 atom stereocenters. The summed E-state index contributed by atoms with van der Waals surface area (Å²) in [6, 6.07) is 6.04. The van der Waals surface area contributed by atoms with Gasteiger partial charge in [0.1, 0.15) is 5.76 Å². The Balaban J connectivity index is 1.94. The van der Waals surface area contributed by atoms with Crippen molar-refractivity contribution < 1.29 is 14.6 Å². The molecule has 3 N–H and O–H groups in total. The molecule has 0 saturated carbocycles. The van der Waals surface area contributed by atoms with Crippen LogP contribution >= 0.6 is 0 Å². The van der Waals surface area contributed by atoms with Crippen molar-refractivity contribution in [2.24, 2.45) is 0 Å². The molecule has 1 aromatic carbocycles. The predicted octanol–water partition coefficient (Wildman–Crippen LogP) is 2.08. The van der Waals surface area contributed by atoms with E-state index in [0.29, 0.717) is 6.54 Å². The topological polar surface area (TPSA) is 65.6 Å². The lowest BCUT2D eigenvalue weighted by Gasteiger charge is -2.10. The number of para-hydroxylation sites is 1. The fourth-order valence-corrected chi connectivity index (χ4v) is 2.71. The Bertz CT molecular complexity index is 576. The Hall–Kier alpha value is -1.52. The third-order valence-corrected chi connectivity index (χ3v) is 3.72. The lowest BCUT2D eigenvalue weighted by molar-refractivity contribution is 0.105. The van der Waals surface area contributed by atoms with E-state index in [4.69, 9.17) is 9.52 Å². The minimum absolute atomic E-state index is 0.238. The fraction of sp³-hybridized carbons (Fsp3) is 0.467. The maximum atomic E-state index is 9.41. The smallest absolute Gasteiger partial charge is 0.157 e. The SMILES string of the molecule is OCC(O)CNc1cccc2c3c(oc12)CCCC3. The molecule has 4 heteroatoms. The summed E-state index contributed by atoms with van der Waals surface area (Å²) in [4.78, 5) is 0. The van der Waals surface area contributed by atoms with Gasteiger partial charge in [0, 0.05) is 23.9 Å². The molecule has 0 saturated heterocycles. The van der Waals surface area contributed by atoms with Gasteiger partial charge in [0.05, 0.1) is 18.4 Å². The molecule has 102 valence electrons. The number of hydrogen-bond donors (Lipinski definition) is 3. The number of aliphatic hydroxyl groups excluding tert-OH is 2. The molecule has 1 aromatic heterocycles. The molecular formula is C15H19NO3. The first-order valence-electron chi connectivity index (χ1n) is 6.85. The number of aryl methyl sites for hydroxylation is 2. The highest BCUT2D eigenvalue weighted by atomic mass is 16.3. The van der Waals surface area contributed by atoms with Gasteiger partial charge in [-0.25, -0.2) is 0 Å². The summed E-state index contributed by atoms with van der Waals surface area (Å²) in [5.74, 6) is 1.11. The first-order chi connectivity index (χ1) is 9.29. The summed E-state index contributed by atoms with van der Waals surface area (Å²) in [7, 11) is 0. The van der Waals surface area contributed by atoms with Gasteiger partial charge in [0.2, 0.25) is 0 Å². The summed E-state index contributed by atoms with van der Waals surface area (Å²) in [6.45, 7) is 0.0820. The molecule has 4 nitrogen and oxygen atoms in total. The van der Waals surface area contributed by atoms with Gasteiger partial charge >= 0.3 is 0 Å². The van der Waals surface area contributed by atoms with Gasteiger partial charge in [0.25, 0.3) is 0 Å². The van der Waals surface area contributed by atoms with E-state index >= 15 is 0 Å². The largest absolute Gasteiger partial charge is 0.459 e. The predicted molar refractivity (Wildman–Crippen MR) is 74.4 cm³/mol. The van der Waals surface area contributed by atoms with Crippen molar-refractivity contribution in [3.05, 3.63) is 29.5 Å². The zero-order valence-corrected chi connectivity index (χ0v) is 10.9. The van der Waals surface area contributed by atoms with Gasteiger partial charge in [-0.05, 0) is 25.3 Å². The average Bonchev–Trinajstić information content (AvgIpc) is 2.84. The number of nitrogens with one attached hydrogen (secondary N) is 1. The molecule has 1 aliphatic rings. The van der Waals surface area contributed by atoms with Crippen molar-refractivity contribution in [3.63, 3.8) is 0 Å². The quantitative estimate of drug-likeness (QED) is 0.788. The van der Waals surface area contributed by atoms with Gasteiger partial charge in [-0.3, -0.25) is 0 Å². The first kappa shape index (κ1) is 12.5. The summed E-state index contributed by atoms with van der Waals surface area (Å²) < 4.78 is 5.98. The highest BCUT2D eigenvalue weighted by Crippen LogP contribution is 2.35. The number of anilines is 1. The van der Waals surface area contributed by atoms with Gasteiger partial charge < -0.3 is 19.9 Å². The van der Waals surface area contributed by atoms with Gasteiger partial charge in [0.15, 0.2) is 5.58 Å². The second-order valence-electron chi connectivity index (χ2n) is 5.11. The molecule has 0 fully saturated rings. The summed E-state index contributed by atoms with van der Waals surface area (Å²) in [5, 5.41) is 22.6. The normalized spacial score (nSPS) is 16.3. The molecular weight excluding hydrogens is 242 g/mol. The van der Waals surface area contributed by atoms with E-state index in [-0.39, 0.29) is 6.61 Å². The van der Waals surface area contributed by atoms with E-state index in [0.717, 1.165) is 29.9 Å². The van der Waals surface area contributed by atoms with Crippen LogP contribution in [0, 0.1) is 0 Å². The van der Waals surface area contributed by atoms with Crippen molar-refractivity contribution in [2.75, 3.05) is 18.5 Å². The summed E-state index contributed by atoms with van der Waals surface area (Å²) >= 11 is 0. The molecule has 2 aromatic rings. The van der Waals surface area contributed by atoms with E-state index in [2.05, 4.69) is 11.4 Å². The zero-order chi connectivity index (χ0) is 13.2. The number of benzene rings is 1. The maximum absolute atomic E-state index is 9.41. The Morgan fingerprint density at radius 1 is 1.26 bits per heavy atom. The lowest BCUT2D eigenvalue weighted by Crippen LogP contribution is -2.22. The number of hydrogen-bond acceptors (Lipinski definition) is 4. The Labute approximate surface area is 112 Å². The molecule has 1 unspecified atom stereocenters. The van der Waals surface area contributed by atoms with E-state index in [1.54, 1.807) is 0 Å². The van der Waals surface area contributed by atoms with Crippen molar-refractivity contribution in [2.45, 2.75) is 31.8 Å². The minimum atomic E-state index is -0.750. The van der Waals surface area contributed by atoms with Crippen LogP contribution in [0.3, 0.4) is 0 Å². The summed E-state index contributed by atoms with van der Waals surface area (Å²) in [6.07, 6.45) is 3.77. The fourth-order valence-electron chi connectivity index (χ4n) is 2.71. The van der Waals surface area contributed by atoms with E-state index < -0.39 is 6.10 Å². The van der Waals surface area contributed by atoms with Crippen LogP contribution in [0.1, 0.15) is 24.2 Å². The minimum Gasteiger partial charge on any atom is -0.459 e. The van der Waals surface area contributed by atoms with Crippen LogP contribution in [-0.2, 0) is 12.8 Å². The zero-order valence-electron chi connectivity index (χ0n) is 10.9. The van der Waals surface area contributed by atoms with Crippen molar-refractivity contribution in [1.29, 1.82) is 0 Å². The molecule has 19 heavy (non-hydrogen) atoms. The van der Waals surface area contributed by atoms with Crippen LogP contribution in [0.15, 0.2) is 22.6 Å². The van der Waals surface area contributed by atoms with Crippen LogP contribution in [-0.4, -0.2) is 29.5 Å². The number of rotatable bonds is 4. The van der Waals surface area contributed by atoms with Crippen LogP contribution < -0.4 is 5.32 Å².